The van der Waals surface area contributed by atoms with E-state index in [1.165, 1.54) is 12.5 Å². The summed E-state index contributed by atoms with van der Waals surface area (Å²) in [6.07, 6.45) is 8.36. The van der Waals surface area contributed by atoms with Crippen LogP contribution in [0.1, 0.15) is 50.5 Å². The lowest BCUT2D eigenvalue weighted by Gasteiger charge is -2.33. The Morgan fingerprint density at radius 3 is 2.85 bits per heavy atom. The fourth-order valence-electron chi connectivity index (χ4n) is 5.39. The van der Waals surface area contributed by atoms with Gasteiger partial charge in [-0.05, 0) is 73.4 Å². The molecule has 11 nitrogen and oxygen atoms in total. The number of nitrogens with zero attached hydrogens (tertiary/aromatic N) is 7. The first-order valence-corrected chi connectivity index (χ1v) is 13.3. The molecule has 3 N–H and O–H groups in total. The van der Waals surface area contributed by atoms with Crippen molar-refractivity contribution in [1.29, 1.82) is 0 Å². The van der Waals surface area contributed by atoms with Crippen LogP contribution in [0.4, 0.5) is 10.2 Å². The molecule has 13 heteroatoms. The van der Waals surface area contributed by atoms with E-state index in [2.05, 4.69) is 35.8 Å². The molecule has 0 saturated carbocycles. The molecule has 2 aliphatic rings. The number of carbonyl (C=O) groups excluding carboxylic acids is 1. The molecule has 0 bridgehead atoms. The number of hydrogen-bond donors (Lipinski definition) is 3. The van der Waals surface area contributed by atoms with Gasteiger partial charge in [-0.2, -0.15) is 4.68 Å². The minimum atomic E-state index is -0.747. The highest BCUT2D eigenvalue weighted by atomic mass is 35.5. The zero-order valence-electron chi connectivity index (χ0n) is 21.8. The SMILES string of the molecule is CC(C)(CO)Nc1nccc(-c2cnc([C@@H]3CC[C@@H]4CC(c5cc(Cl)ccc5-n5cnnn5)=CC(=O)N43)[nH]2)c1F. The Morgan fingerprint density at radius 1 is 1.23 bits per heavy atom. The second kappa shape index (κ2) is 10.1. The van der Waals surface area contributed by atoms with Gasteiger partial charge in [0.25, 0.3) is 0 Å². The first kappa shape index (κ1) is 26.1. The molecular weight excluding hydrogens is 537 g/mol. The third kappa shape index (κ3) is 4.73. The molecule has 0 spiro atoms. The number of pyridine rings is 1. The highest BCUT2D eigenvalue weighted by Crippen LogP contribution is 2.43. The van der Waals surface area contributed by atoms with Crippen molar-refractivity contribution < 1.29 is 14.3 Å². The summed E-state index contributed by atoms with van der Waals surface area (Å²) < 4.78 is 16.9. The minimum absolute atomic E-state index is 0.0269. The number of halogens is 2. The van der Waals surface area contributed by atoms with Crippen LogP contribution in [0.15, 0.2) is 49.1 Å². The van der Waals surface area contributed by atoms with Gasteiger partial charge in [-0.1, -0.05) is 11.6 Å². The molecular formula is C27H27ClFN9O2. The number of aliphatic hydroxyl groups excluding tert-OH is 1. The third-order valence-corrected chi connectivity index (χ3v) is 7.59. The van der Waals surface area contributed by atoms with Gasteiger partial charge in [0.15, 0.2) is 11.6 Å². The molecule has 0 unspecified atom stereocenters. The van der Waals surface area contributed by atoms with Crippen molar-refractivity contribution in [3.8, 4) is 16.9 Å². The number of hydrogen-bond acceptors (Lipinski definition) is 8. The van der Waals surface area contributed by atoms with E-state index in [4.69, 9.17) is 11.6 Å². The number of imidazole rings is 1. The fraction of sp³-hybridized carbons (Fsp3) is 0.333. The summed E-state index contributed by atoms with van der Waals surface area (Å²) in [5, 5.41) is 24.5. The summed E-state index contributed by atoms with van der Waals surface area (Å²) in [5.74, 6) is -0.0342. The molecule has 5 heterocycles. The molecule has 3 aromatic heterocycles. The maximum Gasteiger partial charge on any atom is 0.247 e. The molecule has 0 radical (unpaired) electrons. The van der Waals surface area contributed by atoms with Crippen LogP contribution in [0.2, 0.25) is 5.02 Å². The van der Waals surface area contributed by atoms with E-state index in [9.17, 15) is 9.90 Å². The average molecular weight is 564 g/mol. The highest BCUT2D eigenvalue weighted by molar-refractivity contribution is 6.30. The molecule has 1 saturated heterocycles. The zero-order chi connectivity index (χ0) is 28.0. The molecule has 206 valence electrons. The van der Waals surface area contributed by atoms with Crippen LogP contribution in [0, 0.1) is 5.82 Å². The summed E-state index contributed by atoms with van der Waals surface area (Å²) in [5.41, 5.74) is 2.44. The fourth-order valence-corrected chi connectivity index (χ4v) is 5.56. The normalized spacial score (nSPS) is 19.1. The van der Waals surface area contributed by atoms with Gasteiger partial charge in [-0.15, -0.1) is 5.10 Å². The first-order valence-electron chi connectivity index (χ1n) is 12.9. The largest absolute Gasteiger partial charge is 0.394 e. The molecule has 2 aliphatic heterocycles. The van der Waals surface area contributed by atoms with Crippen molar-refractivity contribution in [3.05, 3.63) is 71.3 Å². The van der Waals surface area contributed by atoms with E-state index < -0.39 is 11.4 Å². The van der Waals surface area contributed by atoms with Crippen molar-refractivity contribution in [3.63, 3.8) is 0 Å². The summed E-state index contributed by atoms with van der Waals surface area (Å²) >= 11 is 6.32. The average Bonchev–Trinajstić information content (AvgIpc) is 3.71. The summed E-state index contributed by atoms with van der Waals surface area (Å²) in [6.45, 7) is 3.31. The van der Waals surface area contributed by atoms with Crippen molar-refractivity contribution in [2.75, 3.05) is 11.9 Å². The smallest absolute Gasteiger partial charge is 0.247 e. The first-order chi connectivity index (χ1) is 19.2. The maximum absolute atomic E-state index is 15.4. The van der Waals surface area contributed by atoms with Gasteiger partial charge in [0, 0.05) is 34.5 Å². The number of tetrazole rings is 1. The van der Waals surface area contributed by atoms with Gasteiger partial charge in [-0.3, -0.25) is 4.79 Å². The number of nitrogens with one attached hydrogen (secondary N) is 2. The Bertz CT molecular complexity index is 1600. The predicted octanol–water partition coefficient (Wildman–Crippen LogP) is 3.94. The number of aromatic amines is 1. The lowest BCUT2D eigenvalue weighted by Crippen LogP contribution is -2.39. The lowest BCUT2D eigenvalue weighted by molar-refractivity contribution is -0.129. The zero-order valence-corrected chi connectivity index (χ0v) is 22.6. The highest BCUT2D eigenvalue weighted by Gasteiger charge is 2.41. The van der Waals surface area contributed by atoms with E-state index >= 15 is 4.39 Å². The molecule has 1 amide bonds. The number of rotatable bonds is 7. The lowest BCUT2D eigenvalue weighted by atomic mass is 9.92. The van der Waals surface area contributed by atoms with Crippen molar-refractivity contribution in [1.82, 2.24) is 40.1 Å². The van der Waals surface area contributed by atoms with Crippen LogP contribution in [0.5, 0.6) is 0 Å². The van der Waals surface area contributed by atoms with Gasteiger partial charge in [-0.25, -0.2) is 14.4 Å². The Kier molecular flexibility index (Phi) is 6.59. The van der Waals surface area contributed by atoms with Gasteiger partial charge < -0.3 is 20.3 Å². The Morgan fingerprint density at radius 2 is 2.08 bits per heavy atom. The van der Waals surface area contributed by atoms with Crippen molar-refractivity contribution in [2.24, 2.45) is 0 Å². The molecule has 2 atom stereocenters. The summed E-state index contributed by atoms with van der Waals surface area (Å²) in [4.78, 5) is 27.2. The van der Waals surface area contributed by atoms with E-state index in [1.54, 1.807) is 42.9 Å². The Hall–Kier alpha value is -4.16. The Balaban J connectivity index is 1.27. The maximum atomic E-state index is 15.4. The van der Waals surface area contributed by atoms with Crippen LogP contribution in [-0.4, -0.2) is 69.3 Å². The van der Waals surface area contributed by atoms with Crippen LogP contribution in [-0.2, 0) is 4.79 Å². The second-order valence-electron chi connectivity index (χ2n) is 10.7. The molecule has 4 aromatic rings. The van der Waals surface area contributed by atoms with Crippen LogP contribution >= 0.6 is 11.6 Å². The van der Waals surface area contributed by atoms with Crippen LogP contribution < -0.4 is 5.32 Å². The van der Waals surface area contributed by atoms with Gasteiger partial charge in [0.2, 0.25) is 5.91 Å². The second-order valence-corrected chi connectivity index (χ2v) is 11.1. The third-order valence-electron chi connectivity index (χ3n) is 7.35. The van der Waals surface area contributed by atoms with E-state index in [0.717, 1.165) is 29.7 Å². The summed E-state index contributed by atoms with van der Waals surface area (Å²) in [6, 6.07) is 6.69. The Labute approximate surface area is 234 Å². The van der Waals surface area contributed by atoms with E-state index in [-0.39, 0.29) is 30.4 Å². The predicted molar refractivity (Wildman–Crippen MR) is 146 cm³/mol. The monoisotopic (exact) mass is 563 g/mol. The quantitative estimate of drug-likeness (QED) is 0.307. The number of aliphatic hydroxyl groups is 1. The van der Waals surface area contributed by atoms with Crippen LogP contribution in [0.25, 0.3) is 22.5 Å². The van der Waals surface area contributed by atoms with E-state index in [0.29, 0.717) is 28.5 Å². The number of fused-ring (bicyclic) bond motifs is 1. The standard InChI is InChI=1S/C27H27ClFN9O2/c1-27(2,13-39)34-26-24(29)18(7-8-30-26)20-12-31-25(33-20)22-6-4-17-9-15(10-23(40)38(17)22)19-11-16(28)3-5-21(19)37-14-32-35-36-37/h3,5,7-8,10-12,14,17,22,39H,4,6,9,13H2,1-2H3,(H,30,34)(H,31,33)/t17-,22+/m1/s1. The van der Waals surface area contributed by atoms with E-state index in [1.807, 2.05) is 17.0 Å². The van der Waals surface area contributed by atoms with Crippen molar-refractivity contribution >= 4 is 28.9 Å². The number of carbonyl (C=O) groups is 1. The topological polar surface area (TPSA) is 138 Å². The number of benzene rings is 1. The molecule has 1 aromatic carbocycles. The van der Waals surface area contributed by atoms with Gasteiger partial charge in [0.1, 0.15) is 12.2 Å². The molecule has 0 aliphatic carbocycles. The number of amides is 1. The minimum Gasteiger partial charge on any atom is -0.394 e. The van der Waals surface area contributed by atoms with Crippen molar-refractivity contribution in [2.45, 2.75) is 50.7 Å². The van der Waals surface area contributed by atoms with Gasteiger partial charge >= 0.3 is 0 Å². The molecule has 1 fully saturated rings. The molecule has 6 rings (SSSR count). The number of aromatic nitrogens is 7. The van der Waals surface area contributed by atoms with Gasteiger partial charge in [0.05, 0.1) is 35.8 Å². The summed E-state index contributed by atoms with van der Waals surface area (Å²) in [7, 11) is 0. The molecule has 40 heavy (non-hydrogen) atoms. The number of anilines is 1. The number of H-pyrrole nitrogens is 1. The van der Waals surface area contributed by atoms with Crippen LogP contribution in [0.3, 0.4) is 0 Å².